The second-order valence-corrected chi connectivity index (χ2v) is 6.40. The molecule has 0 heterocycles. The van der Waals surface area contributed by atoms with E-state index in [4.69, 9.17) is 4.74 Å². The fourth-order valence-electron chi connectivity index (χ4n) is 1.98. The molecule has 0 aromatic heterocycles. The summed E-state index contributed by atoms with van der Waals surface area (Å²) in [5, 5.41) is 3.36. The minimum Gasteiger partial charge on any atom is -0.383 e. The molecule has 0 aliphatic rings. The van der Waals surface area contributed by atoms with Gasteiger partial charge in [0.25, 0.3) is 0 Å². The number of nitrogens with one attached hydrogen (secondary N) is 1. The highest BCUT2D eigenvalue weighted by Gasteiger charge is 2.14. The van der Waals surface area contributed by atoms with Crippen LogP contribution in [-0.2, 0) is 11.3 Å². The zero-order chi connectivity index (χ0) is 15.1. The van der Waals surface area contributed by atoms with Gasteiger partial charge in [0.15, 0.2) is 0 Å². The van der Waals surface area contributed by atoms with Crippen molar-refractivity contribution in [3.05, 3.63) is 28.2 Å². The van der Waals surface area contributed by atoms with Gasteiger partial charge in [0.05, 0.1) is 6.61 Å². The van der Waals surface area contributed by atoms with E-state index in [1.165, 1.54) is 11.3 Å². The molecule has 3 nitrogen and oxygen atoms in total. The third-order valence-electron chi connectivity index (χ3n) is 3.82. The number of ether oxygens (including phenoxy) is 1. The number of rotatable bonds is 8. The van der Waals surface area contributed by atoms with Gasteiger partial charge in [0, 0.05) is 43.4 Å². The first-order valence-corrected chi connectivity index (χ1v) is 7.97. The maximum Gasteiger partial charge on any atom is 0.0587 e. The van der Waals surface area contributed by atoms with Gasteiger partial charge in [-0.05, 0) is 30.5 Å². The molecule has 0 bridgehead atoms. The predicted molar refractivity (Wildman–Crippen MR) is 90.4 cm³/mol. The zero-order valence-corrected chi connectivity index (χ0v) is 14.8. The summed E-state index contributed by atoms with van der Waals surface area (Å²) in [5.41, 5.74) is 2.52. The molecule has 0 fully saturated rings. The number of halogens is 1. The molecule has 1 N–H and O–H groups in total. The Morgan fingerprint density at radius 2 is 2.00 bits per heavy atom. The van der Waals surface area contributed by atoms with Crippen molar-refractivity contribution in [3.8, 4) is 0 Å². The standard InChI is InChI=1S/C16H27BrN2O/c1-12(2)13(3)19(4)15-7-6-14(16(17)10-15)11-18-8-9-20-5/h6-7,10,12-13,18H,8-9,11H2,1-5H3. The molecule has 1 rings (SSSR count). The topological polar surface area (TPSA) is 24.5 Å². The first kappa shape index (κ1) is 17.5. The monoisotopic (exact) mass is 342 g/mol. The van der Waals surface area contributed by atoms with Crippen LogP contribution in [0.4, 0.5) is 5.69 Å². The van der Waals surface area contributed by atoms with Gasteiger partial charge in [-0.3, -0.25) is 0 Å². The highest BCUT2D eigenvalue weighted by Crippen LogP contribution is 2.26. The molecule has 114 valence electrons. The van der Waals surface area contributed by atoms with Gasteiger partial charge in [0.1, 0.15) is 0 Å². The molecular weight excluding hydrogens is 316 g/mol. The minimum atomic E-state index is 0.521. The number of hydrogen-bond donors (Lipinski definition) is 1. The fourth-order valence-corrected chi connectivity index (χ4v) is 2.49. The Morgan fingerprint density at radius 1 is 1.30 bits per heavy atom. The van der Waals surface area contributed by atoms with Crippen molar-refractivity contribution in [1.29, 1.82) is 0 Å². The van der Waals surface area contributed by atoms with Crippen LogP contribution in [-0.4, -0.2) is 33.4 Å². The summed E-state index contributed by atoms with van der Waals surface area (Å²) in [7, 11) is 3.88. The lowest BCUT2D eigenvalue weighted by Crippen LogP contribution is -2.33. The van der Waals surface area contributed by atoms with Crippen molar-refractivity contribution >= 4 is 21.6 Å². The average Bonchev–Trinajstić information content (AvgIpc) is 2.43. The molecule has 1 aromatic rings. The van der Waals surface area contributed by atoms with Crippen LogP contribution in [0.2, 0.25) is 0 Å². The van der Waals surface area contributed by atoms with Crippen LogP contribution in [0.1, 0.15) is 26.3 Å². The molecule has 0 radical (unpaired) electrons. The van der Waals surface area contributed by atoms with Crippen LogP contribution in [0.25, 0.3) is 0 Å². The summed E-state index contributed by atoms with van der Waals surface area (Å²) < 4.78 is 6.18. The molecule has 0 amide bonds. The first-order chi connectivity index (χ1) is 9.47. The number of nitrogens with zero attached hydrogens (tertiary/aromatic N) is 1. The molecule has 0 aliphatic carbocycles. The van der Waals surface area contributed by atoms with Crippen molar-refractivity contribution in [3.63, 3.8) is 0 Å². The molecular formula is C16H27BrN2O. The van der Waals surface area contributed by atoms with Crippen molar-refractivity contribution in [2.24, 2.45) is 5.92 Å². The van der Waals surface area contributed by atoms with Crippen LogP contribution < -0.4 is 10.2 Å². The number of anilines is 1. The fraction of sp³-hybridized carbons (Fsp3) is 0.625. The second-order valence-electron chi connectivity index (χ2n) is 5.54. The Balaban J connectivity index is 2.67. The molecule has 1 atom stereocenters. The molecule has 0 spiro atoms. The largest absolute Gasteiger partial charge is 0.383 e. The lowest BCUT2D eigenvalue weighted by molar-refractivity contribution is 0.199. The summed E-state index contributed by atoms with van der Waals surface area (Å²) in [6.45, 7) is 9.24. The molecule has 0 saturated carbocycles. The van der Waals surface area contributed by atoms with E-state index in [-0.39, 0.29) is 0 Å². The summed E-state index contributed by atoms with van der Waals surface area (Å²) in [4.78, 5) is 2.33. The molecule has 0 aliphatic heterocycles. The van der Waals surface area contributed by atoms with Crippen LogP contribution in [0.15, 0.2) is 22.7 Å². The molecule has 20 heavy (non-hydrogen) atoms. The van der Waals surface area contributed by atoms with Gasteiger partial charge in [0.2, 0.25) is 0 Å². The van der Waals surface area contributed by atoms with E-state index >= 15 is 0 Å². The van der Waals surface area contributed by atoms with Crippen LogP contribution in [0.5, 0.6) is 0 Å². The Hall–Kier alpha value is -0.580. The lowest BCUT2D eigenvalue weighted by atomic mass is 10.0. The Bertz CT molecular complexity index is 409. The summed E-state index contributed by atoms with van der Waals surface area (Å²) in [6.07, 6.45) is 0. The smallest absolute Gasteiger partial charge is 0.0587 e. The van der Waals surface area contributed by atoms with E-state index in [2.05, 4.69) is 72.2 Å². The van der Waals surface area contributed by atoms with Crippen LogP contribution >= 0.6 is 15.9 Å². The van der Waals surface area contributed by atoms with E-state index in [1.54, 1.807) is 7.11 Å². The number of benzene rings is 1. The number of hydrogen-bond acceptors (Lipinski definition) is 3. The quantitative estimate of drug-likeness (QED) is 0.729. The Morgan fingerprint density at radius 3 is 2.55 bits per heavy atom. The molecule has 1 aromatic carbocycles. The van der Waals surface area contributed by atoms with Crippen molar-refractivity contribution in [2.45, 2.75) is 33.4 Å². The van der Waals surface area contributed by atoms with Gasteiger partial charge in [-0.25, -0.2) is 0 Å². The lowest BCUT2D eigenvalue weighted by Gasteiger charge is -2.30. The highest BCUT2D eigenvalue weighted by molar-refractivity contribution is 9.10. The van der Waals surface area contributed by atoms with E-state index in [9.17, 15) is 0 Å². The maximum absolute atomic E-state index is 5.03. The average molecular weight is 343 g/mol. The molecule has 0 saturated heterocycles. The third kappa shape index (κ3) is 5.08. The van der Waals surface area contributed by atoms with Gasteiger partial charge in [-0.2, -0.15) is 0 Å². The van der Waals surface area contributed by atoms with E-state index < -0.39 is 0 Å². The summed E-state index contributed by atoms with van der Waals surface area (Å²) in [5.74, 6) is 0.633. The van der Waals surface area contributed by atoms with Crippen LogP contribution in [0, 0.1) is 5.92 Å². The van der Waals surface area contributed by atoms with E-state index in [0.717, 1.165) is 24.2 Å². The minimum absolute atomic E-state index is 0.521. The summed E-state index contributed by atoms with van der Waals surface area (Å²) >= 11 is 3.67. The zero-order valence-electron chi connectivity index (χ0n) is 13.2. The van der Waals surface area contributed by atoms with Crippen molar-refractivity contribution in [2.75, 3.05) is 32.2 Å². The Kier molecular flexibility index (Phi) is 7.56. The number of methoxy groups -OCH3 is 1. The molecule has 1 unspecified atom stereocenters. The van der Waals surface area contributed by atoms with Crippen molar-refractivity contribution in [1.82, 2.24) is 5.32 Å². The third-order valence-corrected chi connectivity index (χ3v) is 4.56. The molecule has 4 heteroatoms. The SMILES string of the molecule is COCCNCc1ccc(N(C)C(C)C(C)C)cc1Br. The Labute approximate surface area is 131 Å². The van der Waals surface area contributed by atoms with E-state index in [0.29, 0.717) is 12.0 Å². The predicted octanol–water partition coefficient (Wildman–Crippen LogP) is 3.67. The highest BCUT2D eigenvalue weighted by atomic mass is 79.9. The second kappa shape index (κ2) is 8.65. The van der Waals surface area contributed by atoms with Crippen LogP contribution in [0.3, 0.4) is 0 Å². The first-order valence-electron chi connectivity index (χ1n) is 7.18. The van der Waals surface area contributed by atoms with Gasteiger partial charge in [-0.15, -0.1) is 0 Å². The maximum atomic E-state index is 5.03. The van der Waals surface area contributed by atoms with Gasteiger partial charge in [-0.1, -0.05) is 35.8 Å². The van der Waals surface area contributed by atoms with E-state index in [1.807, 2.05) is 0 Å². The van der Waals surface area contributed by atoms with Crippen molar-refractivity contribution < 1.29 is 4.74 Å². The van der Waals surface area contributed by atoms with Gasteiger partial charge < -0.3 is 15.0 Å². The van der Waals surface area contributed by atoms with Gasteiger partial charge >= 0.3 is 0 Å². The summed E-state index contributed by atoms with van der Waals surface area (Å²) in [6, 6.07) is 7.10. The normalized spacial score (nSPS) is 12.8.